The van der Waals surface area contributed by atoms with Gasteiger partial charge >= 0.3 is 0 Å². The maximum atomic E-state index is 11.5. The first-order valence-corrected chi connectivity index (χ1v) is 5.01. The fourth-order valence-corrected chi connectivity index (χ4v) is 1.82. The van der Waals surface area contributed by atoms with Crippen molar-refractivity contribution < 1.29 is 4.79 Å². The number of rotatable bonds is 2. The lowest BCUT2D eigenvalue weighted by Gasteiger charge is -2.15. The number of nitrogens with zero attached hydrogens (tertiary/aromatic N) is 2. The molecule has 0 aromatic heterocycles. The lowest BCUT2D eigenvalue weighted by Crippen LogP contribution is -2.24. The predicted octanol–water partition coefficient (Wildman–Crippen LogP) is 1.56. The minimum Gasteiger partial charge on any atom is -0.337 e. The van der Waals surface area contributed by atoms with E-state index in [2.05, 4.69) is 6.07 Å². The Kier molecular flexibility index (Phi) is 2.68. The first-order valence-electron chi connectivity index (χ1n) is 5.01. The zero-order valence-electron chi connectivity index (χ0n) is 8.39. The molecule has 0 saturated carbocycles. The average molecular weight is 200 g/mol. The third kappa shape index (κ3) is 2.16. The highest BCUT2D eigenvalue weighted by Gasteiger charge is 2.29. The molecule has 3 nitrogen and oxygen atoms in total. The Morgan fingerprint density at radius 3 is 2.73 bits per heavy atom. The molecule has 1 unspecified atom stereocenters. The van der Waals surface area contributed by atoms with Crippen molar-refractivity contribution in [3.05, 3.63) is 35.9 Å². The van der Waals surface area contributed by atoms with Crippen molar-refractivity contribution in [2.24, 2.45) is 5.92 Å². The van der Waals surface area contributed by atoms with Gasteiger partial charge < -0.3 is 4.90 Å². The van der Waals surface area contributed by atoms with E-state index in [4.69, 9.17) is 5.26 Å². The zero-order chi connectivity index (χ0) is 10.7. The van der Waals surface area contributed by atoms with Crippen LogP contribution < -0.4 is 0 Å². The summed E-state index contributed by atoms with van der Waals surface area (Å²) in [6.45, 7) is 1.20. The number of benzene rings is 1. The van der Waals surface area contributed by atoms with Gasteiger partial charge in [-0.25, -0.2) is 0 Å². The Bertz CT molecular complexity index is 394. The molecule has 3 heteroatoms. The minimum absolute atomic E-state index is 0.0883. The first kappa shape index (κ1) is 9.72. The molecule has 0 radical (unpaired) electrons. The second-order valence-electron chi connectivity index (χ2n) is 3.79. The molecule has 0 aliphatic carbocycles. The van der Waals surface area contributed by atoms with E-state index in [0.29, 0.717) is 19.5 Å². The van der Waals surface area contributed by atoms with Crippen molar-refractivity contribution in [1.82, 2.24) is 4.90 Å². The van der Waals surface area contributed by atoms with E-state index in [1.54, 1.807) is 4.90 Å². The smallest absolute Gasteiger partial charge is 0.224 e. The van der Waals surface area contributed by atoms with Crippen LogP contribution in [-0.4, -0.2) is 17.4 Å². The topological polar surface area (TPSA) is 44.1 Å². The van der Waals surface area contributed by atoms with Gasteiger partial charge in [-0.2, -0.15) is 5.26 Å². The second-order valence-corrected chi connectivity index (χ2v) is 3.79. The van der Waals surface area contributed by atoms with Gasteiger partial charge in [0.05, 0.1) is 12.0 Å². The Hall–Kier alpha value is -1.82. The van der Waals surface area contributed by atoms with Crippen molar-refractivity contribution in [2.75, 3.05) is 6.54 Å². The van der Waals surface area contributed by atoms with Crippen molar-refractivity contribution in [2.45, 2.75) is 13.0 Å². The number of amides is 1. The monoisotopic (exact) mass is 200 g/mol. The van der Waals surface area contributed by atoms with Crippen LogP contribution in [0.5, 0.6) is 0 Å². The van der Waals surface area contributed by atoms with Crippen LogP contribution in [0.2, 0.25) is 0 Å². The Morgan fingerprint density at radius 2 is 2.13 bits per heavy atom. The van der Waals surface area contributed by atoms with Crippen molar-refractivity contribution >= 4 is 5.91 Å². The molecule has 1 aromatic carbocycles. The molecular formula is C12H12N2O. The maximum absolute atomic E-state index is 11.5. The number of nitriles is 1. The van der Waals surface area contributed by atoms with Crippen molar-refractivity contribution in [1.29, 1.82) is 5.26 Å². The highest BCUT2D eigenvalue weighted by Crippen LogP contribution is 2.19. The largest absolute Gasteiger partial charge is 0.337 e. The van der Waals surface area contributed by atoms with Gasteiger partial charge in [0.2, 0.25) is 5.91 Å². The molecule has 2 rings (SSSR count). The molecule has 15 heavy (non-hydrogen) atoms. The molecule has 1 aliphatic rings. The Morgan fingerprint density at radius 1 is 1.40 bits per heavy atom. The summed E-state index contributed by atoms with van der Waals surface area (Å²) < 4.78 is 0. The number of carbonyl (C=O) groups excluding carboxylic acids is 1. The minimum atomic E-state index is -0.124. The molecule has 76 valence electrons. The molecule has 0 N–H and O–H groups in total. The second kappa shape index (κ2) is 4.14. The number of likely N-dealkylation sites (tertiary alicyclic amines) is 1. The SMILES string of the molecule is N#CC1CC(=O)N(Cc2ccccc2)C1. The van der Waals surface area contributed by atoms with Gasteiger partial charge in [0.25, 0.3) is 0 Å². The van der Waals surface area contributed by atoms with E-state index in [-0.39, 0.29) is 11.8 Å². The van der Waals surface area contributed by atoms with Gasteiger partial charge in [-0.15, -0.1) is 0 Å². The van der Waals surface area contributed by atoms with Crippen molar-refractivity contribution in [3.63, 3.8) is 0 Å². The highest BCUT2D eigenvalue weighted by atomic mass is 16.2. The van der Waals surface area contributed by atoms with E-state index in [9.17, 15) is 4.79 Å². The van der Waals surface area contributed by atoms with Crippen LogP contribution in [0.4, 0.5) is 0 Å². The van der Waals surface area contributed by atoms with Crippen LogP contribution in [-0.2, 0) is 11.3 Å². The molecule has 1 aromatic rings. The van der Waals surface area contributed by atoms with Crippen LogP contribution in [0.3, 0.4) is 0 Å². The predicted molar refractivity (Wildman–Crippen MR) is 55.6 cm³/mol. The quantitative estimate of drug-likeness (QED) is 0.727. The lowest BCUT2D eigenvalue weighted by molar-refractivity contribution is -0.128. The zero-order valence-corrected chi connectivity index (χ0v) is 8.39. The molecule has 0 bridgehead atoms. The van der Waals surface area contributed by atoms with E-state index in [0.717, 1.165) is 5.56 Å². The molecule has 1 saturated heterocycles. The maximum Gasteiger partial charge on any atom is 0.224 e. The van der Waals surface area contributed by atoms with Crippen LogP contribution in [0.1, 0.15) is 12.0 Å². The summed E-state index contributed by atoms with van der Waals surface area (Å²) >= 11 is 0. The van der Waals surface area contributed by atoms with Gasteiger partial charge in [-0.1, -0.05) is 30.3 Å². The number of hydrogen-bond acceptors (Lipinski definition) is 2. The van der Waals surface area contributed by atoms with Gasteiger partial charge in [-0.3, -0.25) is 4.79 Å². The Balaban J connectivity index is 2.02. The summed E-state index contributed by atoms with van der Waals surface area (Å²) in [5, 5.41) is 8.74. The van der Waals surface area contributed by atoms with Crippen LogP contribution >= 0.6 is 0 Å². The van der Waals surface area contributed by atoms with E-state index in [1.807, 2.05) is 30.3 Å². The fourth-order valence-electron chi connectivity index (χ4n) is 1.82. The van der Waals surface area contributed by atoms with Gasteiger partial charge in [0, 0.05) is 19.5 Å². The highest BCUT2D eigenvalue weighted by molar-refractivity contribution is 5.79. The number of carbonyl (C=O) groups is 1. The molecular weight excluding hydrogens is 188 g/mol. The van der Waals surface area contributed by atoms with Gasteiger partial charge in [0.15, 0.2) is 0 Å². The van der Waals surface area contributed by atoms with Gasteiger partial charge in [-0.05, 0) is 5.56 Å². The summed E-state index contributed by atoms with van der Waals surface area (Å²) in [5.41, 5.74) is 1.12. The van der Waals surface area contributed by atoms with Crippen LogP contribution in [0, 0.1) is 17.2 Å². The van der Waals surface area contributed by atoms with Crippen LogP contribution in [0.25, 0.3) is 0 Å². The van der Waals surface area contributed by atoms with Crippen LogP contribution in [0.15, 0.2) is 30.3 Å². The summed E-state index contributed by atoms with van der Waals surface area (Å²) in [7, 11) is 0. The first-order chi connectivity index (χ1) is 7.29. The number of hydrogen-bond donors (Lipinski definition) is 0. The third-order valence-corrected chi connectivity index (χ3v) is 2.61. The lowest BCUT2D eigenvalue weighted by atomic mass is 10.1. The molecule has 1 heterocycles. The van der Waals surface area contributed by atoms with E-state index >= 15 is 0 Å². The van der Waals surface area contributed by atoms with E-state index < -0.39 is 0 Å². The average Bonchev–Trinajstić information content (AvgIpc) is 2.61. The third-order valence-electron chi connectivity index (χ3n) is 2.61. The summed E-state index contributed by atoms with van der Waals surface area (Å²) in [6, 6.07) is 12.0. The normalized spacial score (nSPS) is 20.3. The molecule has 1 atom stereocenters. The van der Waals surface area contributed by atoms with E-state index in [1.165, 1.54) is 0 Å². The fraction of sp³-hybridized carbons (Fsp3) is 0.333. The summed E-state index contributed by atoms with van der Waals surface area (Å²) in [4.78, 5) is 13.3. The molecule has 1 fully saturated rings. The van der Waals surface area contributed by atoms with Crippen molar-refractivity contribution in [3.8, 4) is 6.07 Å². The molecule has 1 aliphatic heterocycles. The molecule has 1 amide bonds. The molecule has 0 spiro atoms. The summed E-state index contributed by atoms with van der Waals surface area (Å²) in [6.07, 6.45) is 0.378. The Labute approximate surface area is 88.9 Å². The standard InChI is InChI=1S/C12H12N2O/c13-7-11-6-12(15)14(9-11)8-10-4-2-1-3-5-10/h1-5,11H,6,8-9H2. The summed E-state index contributed by atoms with van der Waals surface area (Å²) in [5.74, 6) is -0.0355. The van der Waals surface area contributed by atoms with Gasteiger partial charge in [0.1, 0.15) is 0 Å².